The topological polar surface area (TPSA) is 77.5 Å². The van der Waals surface area contributed by atoms with Gasteiger partial charge in [-0.05, 0) is 19.9 Å². The van der Waals surface area contributed by atoms with Crippen LogP contribution in [0.15, 0.2) is 18.5 Å². The van der Waals surface area contributed by atoms with E-state index in [9.17, 15) is 9.59 Å². The fraction of sp³-hybridized carbons (Fsp3) is 0.308. The van der Waals surface area contributed by atoms with Crippen LogP contribution in [0.5, 0.6) is 0 Å². The number of fused-ring (bicyclic) bond motifs is 1. The smallest absolute Gasteiger partial charge is 0.339 e. The summed E-state index contributed by atoms with van der Waals surface area (Å²) >= 11 is 0. The van der Waals surface area contributed by atoms with Gasteiger partial charge in [-0.15, -0.1) is 0 Å². The van der Waals surface area contributed by atoms with Crippen molar-refractivity contribution < 1.29 is 19.1 Å². The Morgan fingerprint density at radius 3 is 2.89 bits per heavy atom. The summed E-state index contributed by atoms with van der Waals surface area (Å²) in [4.78, 5) is 27.4. The van der Waals surface area contributed by atoms with E-state index in [2.05, 4.69) is 10.3 Å². The Morgan fingerprint density at radius 1 is 1.42 bits per heavy atom. The van der Waals surface area contributed by atoms with Gasteiger partial charge in [0.15, 0.2) is 0 Å². The Bertz CT molecular complexity index is 552. The number of rotatable bonds is 4. The van der Waals surface area contributed by atoms with Crippen molar-refractivity contribution in [3.8, 4) is 0 Å². The molecule has 0 spiro atoms. The molecule has 0 bridgehead atoms. The Morgan fingerprint density at radius 2 is 2.21 bits per heavy atom. The summed E-state index contributed by atoms with van der Waals surface area (Å²) in [5, 5.41) is 2.60. The van der Waals surface area contributed by atoms with E-state index in [-0.39, 0.29) is 12.5 Å². The Labute approximate surface area is 110 Å². The lowest BCUT2D eigenvalue weighted by molar-refractivity contribution is -0.110. The second kappa shape index (κ2) is 5.51. The van der Waals surface area contributed by atoms with E-state index in [1.165, 1.54) is 12.5 Å². The van der Waals surface area contributed by atoms with Gasteiger partial charge in [-0.3, -0.25) is 4.79 Å². The quantitative estimate of drug-likeness (QED) is 0.506. The largest absolute Gasteiger partial charge is 0.501 e. The summed E-state index contributed by atoms with van der Waals surface area (Å²) in [6, 6.07) is 1.57. The second-order valence-electron chi connectivity index (χ2n) is 3.78. The molecule has 6 nitrogen and oxygen atoms in total. The molecule has 6 heteroatoms. The van der Waals surface area contributed by atoms with Crippen molar-refractivity contribution in [3.63, 3.8) is 0 Å². The molecular weight excluding hydrogens is 248 g/mol. The number of nitrogens with zero attached hydrogens (tertiary/aromatic N) is 1. The molecule has 0 fully saturated rings. The average molecular weight is 262 g/mol. The molecule has 0 saturated carbocycles. The van der Waals surface area contributed by atoms with Gasteiger partial charge in [0.1, 0.15) is 5.82 Å². The molecule has 0 aliphatic carbocycles. The highest BCUT2D eigenvalue weighted by molar-refractivity contribution is 6.31. The highest BCUT2D eigenvalue weighted by atomic mass is 16.5. The summed E-state index contributed by atoms with van der Waals surface area (Å²) < 4.78 is 10.0. The molecule has 0 atom stereocenters. The Balaban J connectivity index is 2.36. The number of amides is 1. The number of pyridine rings is 1. The Kier molecular flexibility index (Phi) is 3.79. The van der Waals surface area contributed by atoms with E-state index in [1.54, 1.807) is 13.0 Å². The van der Waals surface area contributed by atoms with Gasteiger partial charge in [-0.2, -0.15) is 0 Å². The Hall–Kier alpha value is -2.37. The molecule has 1 N–H and O–H groups in total. The predicted octanol–water partition coefficient (Wildman–Crippen LogP) is 1.59. The van der Waals surface area contributed by atoms with Gasteiger partial charge < -0.3 is 14.8 Å². The summed E-state index contributed by atoms with van der Waals surface area (Å²) in [7, 11) is 0. The monoisotopic (exact) mass is 262 g/mol. The van der Waals surface area contributed by atoms with Gasteiger partial charge >= 0.3 is 5.97 Å². The molecule has 19 heavy (non-hydrogen) atoms. The van der Waals surface area contributed by atoms with Crippen molar-refractivity contribution in [2.45, 2.75) is 13.8 Å². The molecule has 0 unspecified atom stereocenters. The lowest BCUT2D eigenvalue weighted by atomic mass is 10.1. The standard InChI is InChI=1S/C13H14N2O4/c1-3-18-7-10-9-5-8(13(17)19-4-2)6-14-11(9)15-12(10)16/h5-7H,3-4H2,1-2H3,(H,14,15,16)/b10-7+. The molecule has 1 aliphatic rings. The van der Waals surface area contributed by atoms with Gasteiger partial charge in [0.05, 0.1) is 30.6 Å². The summed E-state index contributed by atoms with van der Waals surface area (Å²) in [5.41, 5.74) is 1.21. The lowest BCUT2D eigenvalue weighted by Crippen LogP contribution is -2.05. The molecule has 1 aromatic rings. The third-order valence-electron chi connectivity index (χ3n) is 2.53. The molecule has 2 heterocycles. The van der Waals surface area contributed by atoms with E-state index in [0.29, 0.717) is 29.1 Å². The molecule has 1 aromatic heterocycles. The minimum absolute atomic E-state index is 0.286. The summed E-state index contributed by atoms with van der Waals surface area (Å²) in [6.07, 6.45) is 2.75. The summed E-state index contributed by atoms with van der Waals surface area (Å²) in [6.45, 7) is 4.29. The molecular formula is C13H14N2O4. The van der Waals surface area contributed by atoms with E-state index >= 15 is 0 Å². The molecule has 2 rings (SSSR count). The SMILES string of the molecule is CCO/C=C1/C(=O)Nc2ncc(C(=O)OCC)cc21. The van der Waals surface area contributed by atoms with Crippen molar-refractivity contribution >= 4 is 23.3 Å². The van der Waals surface area contributed by atoms with E-state index < -0.39 is 5.97 Å². The van der Waals surface area contributed by atoms with Gasteiger partial charge in [-0.1, -0.05) is 0 Å². The van der Waals surface area contributed by atoms with Crippen LogP contribution in [0, 0.1) is 0 Å². The molecule has 100 valence electrons. The molecule has 1 amide bonds. The van der Waals surface area contributed by atoms with Crippen LogP contribution in [0.1, 0.15) is 29.8 Å². The maximum Gasteiger partial charge on any atom is 0.339 e. The number of nitrogens with one attached hydrogen (secondary N) is 1. The summed E-state index contributed by atoms with van der Waals surface area (Å²) in [5.74, 6) is -0.339. The molecule has 1 aliphatic heterocycles. The van der Waals surface area contributed by atoms with Gasteiger partial charge in [0.25, 0.3) is 5.91 Å². The fourth-order valence-electron chi connectivity index (χ4n) is 1.68. The first-order chi connectivity index (χ1) is 9.17. The first-order valence-corrected chi connectivity index (χ1v) is 5.98. The zero-order valence-electron chi connectivity index (χ0n) is 10.7. The highest BCUT2D eigenvalue weighted by Gasteiger charge is 2.27. The zero-order valence-corrected chi connectivity index (χ0v) is 10.7. The zero-order chi connectivity index (χ0) is 13.8. The van der Waals surface area contributed by atoms with Crippen LogP contribution in [-0.2, 0) is 14.3 Å². The maximum absolute atomic E-state index is 11.7. The normalized spacial score (nSPS) is 15.1. The lowest BCUT2D eigenvalue weighted by Gasteiger charge is -2.03. The van der Waals surface area contributed by atoms with Crippen LogP contribution in [-0.4, -0.2) is 30.1 Å². The van der Waals surface area contributed by atoms with Gasteiger partial charge in [0, 0.05) is 11.8 Å². The van der Waals surface area contributed by atoms with E-state index in [4.69, 9.17) is 9.47 Å². The maximum atomic E-state index is 11.7. The number of anilines is 1. The van der Waals surface area contributed by atoms with Crippen molar-refractivity contribution in [1.82, 2.24) is 4.98 Å². The number of hydrogen-bond donors (Lipinski definition) is 1. The first kappa shape index (κ1) is 13.1. The number of carbonyl (C=O) groups is 2. The van der Waals surface area contributed by atoms with Crippen LogP contribution < -0.4 is 5.32 Å². The predicted molar refractivity (Wildman–Crippen MR) is 68.4 cm³/mol. The van der Waals surface area contributed by atoms with Crippen molar-refractivity contribution in [1.29, 1.82) is 0 Å². The number of carbonyl (C=O) groups excluding carboxylic acids is 2. The van der Waals surface area contributed by atoms with Crippen molar-refractivity contribution in [2.75, 3.05) is 18.5 Å². The van der Waals surface area contributed by atoms with Gasteiger partial charge in [-0.25, -0.2) is 9.78 Å². The third kappa shape index (κ3) is 2.57. The van der Waals surface area contributed by atoms with Crippen LogP contribution >= 0.6 is 0 Å². The number of aromatic nitrogens is 1. The van der Waals surface area contributed by atoms with Crippen LogP contribution in [0.3, 0.4) is 0 Å². The van der Waals surface area contributed by atoms with Crippen molar-refractivity contribution in [3.05, 3.63) is 29.7 Å². The van der Waals surface area contributed by atoms with Crippen LogP contribution in [0.4, 0.5) is 5.82 Å². The minimum Gasteiger partial charge on any atom is -0.501 e. The minimum atomic E-state index is -0.465. The number of hydrogen-bond acceptors (Lipinski definition) is 5. The van der Waals surface area contributed by atoms with E-state index in [0.717, 1.165) is 0 Å². The van der Waals surface area contributed by atoms with Crippen LogP contribution in [0.25, 0.3) is 5.57 Å². The second-order valence-corrected chi connectivity index (χ2v) is 3.78. The molecule has 0 aromatic carbocycles. The first-order valence-electron chi connectivity index (χ1n) is 5.98. The average Bonchev–Trinajstić information content (AvgIpc) is 2.71. The molecule has 0 saturated heterocycles. The number of ether oxygens (including phenoxy) is 2. The highest BCUT2D eigenvalue weighted by Crippen LogP contribution is 2.30. The molecule has 0 radical (unpaired) electrons. The fourth-order valence-corrected chi connectivity index (χ4v) is 1.68. The third-order valence-corrected chi connectivity index (χ3v) is 2.53. The number of esters is 1. The van der Waals surface area contributed by atoms with Gasteiger partial charge in [0.2, 0.25) is 0 Å². The van der Waals surface area contributed by atoms with E-state index in [1.807, 2.05) is 6.92 Å². The van der Waals surface area contributed by atoms with Crippen molar-refractivity contribution in [2.24, 2.45) is 0 Å². The van der Waals surface area contributed by atoms with Crippen LogP contribution in [0.2, 0.25) is 0 Å².